The average Bonchev–Trinajstić information content (AvgIpc) is 3.18. The van der Waals surface area contributed by atoms with E-state index in [9.17, 15) is 4.79 Å². The normalized spacial score (nSPS) is 20.8. The number of rotatable bonds is 5. The minimum Gasteiger partial charge on any atom is -0.482 e. The molecule has 22 heavy (non-hydrogen) atoms. The molecule has 6 nitrogen and oxygen atoms in total. The van der Waals surface area contributed by atoms with Crippen LogP contribution < -0.4 is 10.1 Å². The fraction of sp³-hybridized carbons (Fsp3) is 0.333. The first kappa shape index (κ1) is 14.9. The number of nitrogens with zero attached hydrogens (tertiary/aromatic N) is 1. The first-order valence-electron chi connectivity index (χ1n) is 6.96. The van der Waals surface area contributed by atoms with E-state index < -0.39 is 5.54 Å². The first-order chi connectivity index (χ1) is 10.7. The molecule has 1 aromatic carbocycles. The molecule has 116 valence electrons. The summed E-state index contributed by atoms with van der Waals surface area (Å²) in [5, 5.41) is 3.43. The molecule has 1 aromatic heterocycles. The van der Waals surface area contributed by atoms with Crippen molar-refractivity contribution in [1.82, 2.24) is 15.3 Å². The fourth-order valence-electron chi connectivity index (χ4n) is 2.44. The Kier molecular flexibility index (Phi) is 4.31. The zero-order chi connectivity index (χ0) is 15.4. The van der Waals surface area contributed by atoms with E-state index in [-0.39, 0.29) is 12.5 Å². The Hall–Kier alpha value is -2.05. The minimum atomic E-state index is -0.621. The zero-order valence-corrected chi connectivity index (χ0v) is 12.6. The van der Waals surface area contributed by atoms with Crippen LogP contribution in [0.4, 0.5) is 0 Å². The number of hydrogen-bond acceptors (Lipinski definition) is 4. The molecular formula is C15H16ClN3O3. The van der Waals surface area contributed by atoms with Gasteiger partial charge in [0.2, 0.25) is 0 Å². The number of benzene rings is 1. The van der Waals surface area contributed by atoms with Crippen molar-refractivity contribution in [3.8, 4) is 5.75 Å². The molecule has 0 saturated carbocycles. The maximum atomic E-state index is 12.2. The van der Waals surface area contributed by atoms with Crippen LogP contribution in [0.15, 0.2) is 36.7 Å². The van der Waals surface area contributed by atoms with E-state index in [0.29, 0.717) is 36.2 Å². The molecule has 1 saturated heterocycles. The molecular weight excluding hydrogens is 306 g/mol. The molecule has 2 heterocycles. The van der Waals surface area contributed by atoms with Crippen LogP contribution in [0.1, 0.15) is 12.2 Å². The van der Waals surface area contributed by atoms with E-state index in [1.807, 2.05) is 0 Å². The van der Waals surface area contributed by atoms with Crippen molar-refractivity contribution in [3.63, 3.8) is 0 Å². The Morgan fingerprint density at radius 2 is 2.36 bits per heavy atom. The van der Waals surface area contributed by atoms with E-state index in [4.69, 9.17) is 21.1 Å². The lowest BCUT2D eigenvalue weighted by Gasteiger charge is -2.26. The van der Waals surface area contributed by atoms with Crippen LogP contribution in [0.5, 0.6) is 5.75 Å². The largest absolute Gasteiger partial charge is 0.482 e. The Morgan fingerprint density at radius 1 is 1.50 bits per heavy atom. The average molecular weight is 322 g/mol. The number of H-pyrrole nitrogens is 1. The van der Waals surface area contributed by atoms with Crippen molar-refractivity contribution < 1.29 is 14.3 Å². The fourth-order valence-corrected chi connectivity index (χ4v) is 2.63. The van der Waals surface area contributed by atoms with Gasteiger partial charge in [0.25, 0.3) is 5.91 Å². The summed E-state index contributed by atoms with van der Waals surface area (Å²) in [5.41, 5.74) is -0.621. The van der Waals surface area contributed by atoms with Crippen LogP contribution in [-0.2, 0) is 15.1 Å². The van der Waals surface area contributed by atoms with Crippen LogP contribution in [0.3, 0.4) is 0 Å². The van der Waals surface area contributed by atoms with Crippen molar-refractivity contribution >= 4 is 17.5 Å². The van der Waals surface area contributed by atoms with Gasteiger partial charge < -0.3 is 19.8 Å². The van der Waals surface area contributed by atoms with E-state index in [1.165, 1.54) is 0 Å². The maximum Gasteiger partial charge on any atom is 0.258 e. The summed E-state index contributed by atoms with van der Waals surface area (Å²) < 4.78 is 10.9. The first-order valence-corrected chi connectivity index (χ1v) is 7.33. The number of ether oxygens (including phenoxy) is 2. The highest BCUT2D eigenvalue weighted by Crippen LogP contribution is 2.28. The van der Waals surface area contributed by atoms with Crippen molar-refractivity contribution in [2.75, 3.05) is 19.8 Å². The summed E-state index contributed by atoms with van der Waals surface area (Å²) in [7, 11) is 0. The van der Waals surface area contributed by atoms with Crippen LogP contribution in [-0.4, -0.2) is 35.7 Å². The number of hydrogen-bond donors (Lipinski definition) is 2. The van der Waals surface area contributed by atoms with E-state index in [0.717, 1.165) is 0 Å². The third-order valence-electron chi connectivity index (χ3n) is 3.55. The van der Waals surface area contributed by atoms with Crippen LogP contribution in [0.25, 0.3) is 0 Å². The molecule has 3 rings (SSSR count). The molecule has 0 radical (unpaired) electrons. The topological polar surface area (TPSA) is 76.2 Å². The van der Waals surface area contributed by atoms with Gasteiger partial charge in [0.15, 0.2) is 6.61 Å². The van der Waals surface area contributed by atoms with Gasteiger partial charge in [0.1, 0.15) is 17.1 Å². The van der Waals surface area contributed by atoms with Gasteiger partial charge in [-0.25, -0.2) is 4.98 Å². The highest BCUT2D eigenvalue weighted by atomic mass is 35.5. The smallest absolute Gasteiger partial charge is 0.258 e. The summed E-state index contributed by atoms with van der Waals surface area (Å²) in [6, 6.07) is 7.03. The van der Waals surface area contributed by atoms with Gasteiger partial charge >= 0.3 is 0 Å². The van der Waals surface area contributed by atoms with Gasteiger partial charge in [-0.2, -0.15) is 0 Å². The van der Waals surface area contributed by atoms with Crippen LogP contribution in [0.2, 0.25) is 5.02 Å². The van der Waals surface area contributed by atoms with Crippen molar-refractivity contribution in [2.45, 2.75) is 12.0 Å². The molecule has 1 aliphatic heterocycles. The summed E-state index contributed by atoms with van der Waals surface area (Å²) in [5.74, 6) is 0.923. The van der Waals surface area contributed by atoms with Crippen LogP contribution >= 0.6 is 11.6 Å². The number of imidazole rings is 1. The van der Waals surface area contributed by atoms with Gasteiger partial charge in [-0.15, -0.1) is 0 Å². The molecule has 1 amide bonds. The van der Waals surface area contributed by atoms with Crippen molar-refractivity contribution in [3.05, 3.63) is 47.5 Å². The number of aromatic nitrogens is 2. The van der Waals surface area contributed by atoms with E-state index in [2.05, 4.69) is 15.3 Å². The highest BCUT2D eigenvalue weighted by Gasteiger charge is 2.40. The number of carbonyl (C=O) groups excluding carboxylic acids is 1. The molecule has 7 heteroatoms. The van der Waals surface area contributed by atoms with Gasteiger partial charge in [-0.05, 0) is 12.1 Å². The number of amides is 1. The third-order valence-corrected chi connectivity index (χ3v) is 3.86. The molecule has 1 unspecified atom stereocenters. The number of aromatic amines is 1. The Morgan fingerprint density at radius 3 is 3.05 bits per heavy atom. The molecule has 0 bridgehead atoms. The lowest BCUT2D eigenvalue weighted by Crippen LogP contribution is -2.48. The molecule has 1 fully saturated rings. The quantitative estimate of drug-likeness (QED) is 0.881. The summed E-state index contributed by atoms with van der Waals surface area (Å²) in [6.07, 6.45) is 4.04. The lowest BCUT2D eigenvalue weighted by molar-refractivity contribution is -0.125. The minimum absolute atomic E-state index is 0.119. The van der Waals surface area contributed by atoms with Crippen molar-refractivity contribution in [1.29, 1.82) is 0 Å². The Labute approximate surface area is 132 Å². The summed E-state index contributed by atoms with van der Waals surface area (Å²) >= 11 is 5.99. The van der Waals surface area contributed by atoms with E-state index >= 15 is 0 Å². The predicted molar refractivity (Wildman–Crippen MR) is 80.8 cm³/mol. The number of para-hydroxylation sites is 1. The molecule has 1 aliphatic rings. The predicted octanol–water partition coefficient (Wildman–Crippen LogP) is 1.87. The standard InChI is InChI=1S/C15H16ClN3O3/c16-11-3-1-2-4-12(11)22-9-13(20)19-15(5-8-21-10-15)14-17-6-7-18-14/h1-4,6-7H,5,8-10H2,(H,17,18)(H,19,20). The SMILES string of the molecule is O=C(COc1ccccc1Cl)NC1(c2ncc[nH]2)CCOC1. The number of halogens is 1. The lowest BCUT2D eigenvalue weighted by atomic mass is 9.97. The molecule has 2 aromatic rings. The molecule has 1 atom stereocenters. The number of carbonyl (C=O) groups is 1. The van der Waals surface area contributed by atoms with E-state index in [1.54, 1.807) is 36.7 Å². The Bertz CT molecular complexity index is 639. The second-order valence-corrected chi connectivity index (χ2v) is 5.50. The molecule has 0 spiro atoms. The van der Waals surface area contributed by atoms with Gasteiger partial charge in [0, 0.05) is 25.4 Å². The monoisotopic (exact) mass is 321 g/mol. The van der Waals surface area contributed by atoms with Crippen molar-refractivity contribution in [2.24, 2.45) is 0 Å². The van der Waals surface area contributed by atoms with Gasteiger partial charge in [0.05, 0.1) is 11.6 Å². The second kappa shape index (κ2) is 6.37. The zero-order valence-electron chi connectivity index (χ0n) is 11.8. The maximum absolute atomic E-state index is 12.2. The van der Waals surface area contributed by atoms with Crippen LogP contribution in [0, 0.1) is 0 Å². The number of nitrogens with one attached hydrogen (secondary N) is 2. The molecule has 0 aliphatic carbocycles. The van der Waals surface area contributed by atoms with Gasteiger partial charge in [-0.3, -0.25) is 4.79 Å². The highest BCUT2D eigenvalue weighted by molar-refractivity contribution is 6.32. The Balaban J connectivity index is 1.64. The summed E-state index contributed by atoms with van der Waals surface area (Å²) in [6.45, 7) is 0.844. The molecule has 2 N–H and O–H groups in total. The second-order valence-electron chi connectivity index (χ2n) is 5.09. The third kappa shape index (κ3) is 3.08. The van der Waals surface area contributed by atoms with Gasteiger partial charge in [-0.1, -0.05) is 23.7 Å². The summed E-state index contributed by atoms with van der Waals surface area (Å²) in [4.78, 5) is 19.5.